The number of ether oxygens (including phenoxy) is 1. The maximum absolute atomic E-state index is 11.3. The van der Waals surface area contributed by atoms with Gasteiger partial charge in [-0.2, -0.15) is 0 Å². The van der Waals surface area contributed by atoms with E-state index in [9.17, 15) is 9.90 Å². The van der Waals surface area contributed by atoms with E-state index in [1.807, 2.05) is 30.3 Å². The lowest BCUT2D eigenvalue weighted by Crippen LogP contribution is -2.54. The van der Waals surface area contributed by atoms with Crippen molar-refractivity contribution in [3.8, 4) is 5.75 Å². The van der Waals surface area contributed by atoms with Crippen molar-refractivity contribution < 1.29 is 14.6 Å². The van der Waals surface area contributed by atoms with Crippen LogP contribution in [0.25, 0.3) is 0 Å². The van der Waals surface area contributed by atoms with Gasteiger partial charge in [-0.05, 0) is 49.1 Å². The highest BCUT2D eigenvalue weighted by Gasteiger charge is 2.35. The Kier molecular flexibility index (Phi) is 5.12. The molecule has 0 aliphatic carbocycles. The van der Waals surface area contributed by atoms with Crippen LogP contribution in [-0.2, 0) is 6.42 Å². The number of amides is 1. The molecule has 2 aliphatic rings. The molecule has 0 bridgehead atoms. The maximum atomic E-state index is 11.3. The first kappa shape index (κ1) is 18.0. The second kappa shape index (κ2) is 7.69. The fourth-order valence-corrected chi connectivity index (χ4v) is 4.26. The maximum Gasteiger partial charge on any atom is 0.407 e. The van der Waals surface area contributed by atoms with Crippen molar-refractivity contribution in [1.29, 1.82) is 0 Å². The van der Waals surface area contributed by atoms with Gasteiger partial charge in [0.05, 0.1) is 11.7 Å². The van der Waals surface area contributed by atoms with Crippen LogP contribution in [0.4, 0.5) is 10.5 Å². The minimum absolute atomic E-state index is 0.211. The lowest BCUT2D eigenvalue weighted by atomic mass is 9.96. The summed E-state index contributed by atoms with van der Waals surface area (Å²) in [5, 5.41) is 9.98. The third-order valence-electron chi connectivity index (χ3n) is 5.48. The van der Waals surface area contributed by atoms with Crippen LogP contribution in [0.3, 0.4) is 0 Å². The Balaban J connectivity index is 1.58. The number of halogens is 1. The van der Waals surface area contributed by atoms with Gasteiger partial charge in [-0.25, -0.2) is 4.79 Å². The number of nitrogens with zero attached hydrogens (tertiary/aromatic N) is 2. The van der Waals surface area contributed by atoms with Crippen molar-refractivity contribution in [2.75, 3.05) is 24.6 Å². The van der Waals surface area contributed by atoms with Crippen LogP contribution >= 0.6 is 11.6 Å². The summed E-state index contributed by atoms with van der Waals surface area (Å²) >= 11 is 6.02. The summed E-state index contributed by atoms with van der Waals surface area (Å²) in [5.41, 5.74) is 2.33. The normalized spacial score (nSPS) is 20.1. The Morgan fingerprint density at radius 2 is 1.81 bits per heavy atom. The molecule has 0 unspecified atom stereocenters. The first-order valence-electron chi connectivity index (χ1n) is 9.34. The van der Waals surface area contributed by atoms with Gasteiger partial charge in [0.2, 0.25) is 0 Å². The predicted octanol–water partition coefficient (Wildman–Crippen LogP) is 4.29. The van der Waals surface area contributed by atoms with E-state index >= 15 is 0 Å². The van der Waals surface area contributed by atoms with Crippen molar-refractivity contribution in [3.05, 3.63) is 59.1 Å². The fourth-order valence-electron chi connectivity index (χ4n) is 4.14. The van der Waals surface area contributed by atoms with Crippen LogP contribution in [0.15, 0.2) is 48.5 Å². The van der Waals surface area contributed by atoms with E-state index in [4.69, 9.17) is 16.3 Å². The van der Waals surface area contributed by atoms with E-state index in [0.29, 0.717) is 25.7 Å². The van der Waals surface area contributed by atoms with Gasteiger partial charge in [0.25, 0.3) is 0 Å². The van der Waals surface area contributed by atoms with Gasteiger partial charge in [0, 0.05) is 24.2 Å². The molecule has 6 heteroatoms. The molecule has 142 valence electrons. The van der Waals surface area contributed by atoms with Gasteiger partial charge in [-0.3, -0.25) is 0 Å². The molecule has 5 nitrogen and oxygen atoms in total. The second-order valence-corrected chi connectivity index (χ2v) is 7.61. The van der Waals surface area contributed by atoms with Gasteiger partial charge < -0.3 is 19.6 Å². The van der Waals surface area contributed by atoms with Gasteiger partial charge in [0.15, 0.2) is 0 Å². The number of piperidine rings is 1. The number of anilines is 1. The standard InChI is InChI=1S/C21H23ClN2O3/c22-16-7-5-15(6-8-16)13-18-14-27-20-4-2-1-3-19(20)24(18)17-9-11-23(12-10-17)21(25)26/h1-8,17-18H,9-14H2,(H,25,26)/t18-/m0/s1. The minimum Gasteiger partial charge on any atom is -0.489 e. The summed E-state index contributed by atoms with van der Waals surface area (Å²) in [5.74, 6) is 0.908. The minimum atomic E-state index is -0.825. The summed E-state index contributed by atoms with van der Waals surface area (Å²) in [6, 6.07) is 16.6. The molecular weight excluding hydrogens is 364 g/mol. The molecule has 2 aromatic carbocycles. The molecule has 0 radical (unpaired) electrons. The Morgan fingerprint density at radius 3 is 2.52 bits per heavy atom. The first-order chi connectivity index (χ1) is 13.1. The molecule has 1 atom stereocenters. The molecule has 0 saturated carbocycles. The Morgan fingerprint density at radius 1 is 1.11 bits per heavy atom. The van der Waals surface area contributed by atoms with Gasteiger partial charge in [-0.15, -0.1) is 0 Å². The number of likely N-dealkylation sites (tertiary alicyclic amines) is 1. The molecule has 2 aliphatic heterocycles. The van der Waals surface area contributed by atoms with Crippen molar-refractivity contribution in [2.45, 2.75) is 31.3 Å². The van der Waals surface area contributed by atoms with Crippen molar-refractivity contribution in [3.63, 3.8) is 0 Å². The third-order valence-corrected chi connectivity index (χ3v) is 5.73. The third kappa shape index (κ3) is 3.83. The number of carbonyl (C=O) groups is 1. The van der Waals surface area contributed by atoms with Gasteiger partial charge in [0.1, 0.15) is 12.4 Å². The van der Waals surface area contributed by atoms with E-state index in [0.717, 1.165) is 35.7 Å². The second-order valence-electron chi connectivity index (χ2n) is 7.17. The lowest BCUT2D eigenvalue weighted by molar-refractivity contribution is 0.128. The highest BCUT2D eigenvalue weighted by molar-refractivity contribution is 6.30. The van der Waals surface area contributed by atoms with Crippen molar-refractivity contribution >= 4 is 23.4 Å². The van der Waals surface area contributed by atoms with Gasteiger partial charge in [-0.1, -0.05) is 35.9 Å². The van der Waals surface area contributed by atoms with Gasteiger partial charge >= 0.3 is 6.09 Å². The van der Waals surface area contributed by atoms with Crippen molar-refractivity contribution in [2.24, 2.45) is 0 Å². The van der Waals surface area contributed by atoms with E-state index in [1.165, 1.54) is 10.5 Å². The zero-order valence-electron chi connectivity index (χ0n) is 15.1. The number of rotatable bonds is 3. The summed E-state index contributed by atoms with van der Waals surface area (Å²) in [6.45, 7) is 1.78. The Labute approximate surface area is 164 Å². The SMILES string of the molecule is O=C(O)N1CCC(N2c3ccccc3OC[C@@H]2Cc2ccc(Cl)cc2)CC1. The number of hydrogen-bond acceptors (Lipinski definition) is 3. The quantitative estimate of drug-likeness (QED) is 0.854. The monoisotopic (exact) mass is 386 g/mol. The molecule has 1 amide bonds. The van der Waals surface area contributed by atoms with Crippen LogP contribution in [0, 0.1) is 0 Å². The lowest BCUT2D eigenvalue weighted by Gasteiger charge is -2.46. The number of hydrogen-bond donors (Lipinski definition) is 1. The molecular formula is C21H23ClN2O3. The van der Waals surface area contributed by atoms with Crippen LogP contribution in [0.1, 0.15) is 18.4 Å². The van der Waals surface area contributed by atoms with E-state index in [-0.39, 0.29) is 6.04 Å². The number of para-hydroxylation sites is 2. The van der Waals surface area contributed by atoms with Crippen LogP contribution in [0.5, 0.6) is 5.75 Å². The Bertz CT molecular complexity index is 803. The zero-order chi connectivity index (χ0) is 18.8. The van der Waals surface area contributed by atoms with E-state index in [1.54, 1.807) is 0 Å². The molecule has 2 heterocycles. The van der Waals surface area contributed by atoms with Crippen molar-refractivity contribution in [1.82, 2.24) is 4.90 Å². The Hall–Kier alpha value is -2.40. The predicted molar refractivity (Wildman–Crippen MR) is 106 cm³/mol. The summed E-state index contributed by atoms with van der Waals surface area (Å²) in [7, 11) is 0. The van der Waals surface area contributed by atoms with Crippen LogP contribution in [0.2, 0.25) is 5.02 Å². The van der Waals surface area contributed by atoms with Crippen LogP contribution in [-0.4, -0.2) is 47.9 Å². The largest absolute Gasteiger partial charge is 0.489 e. The summed E-state index contributed by atoms with van der Waals surface area (Å²) in [4.78, 5) is 15.2. The number of benzene rings is 2. The van der Waals surface area contributed by atoms with E-state index < -0.39 is 6.09 Å². The number of fused-ring (bicyclic) bond motifs is 1. The molecule has 4 rings (SSSR count). The number of carboxylic acid groups (broad SMARTS) is 1. The molecule has 27 heavy (non-hydrogen) atoms. The zero-order valence-corrected chi connectivity index (χ0v) is 15.8. The summed E-state index contributed by atoms with van der Waals surface area (Å²) in [6.07, 6.45) is 1.70. The smallest absolute Gasteiger partial charge is 0.407 e. The first-order valence-corrected chi connectivity index (χ1v) is 9.72. The highest BCUT2D eigenvalue weighted by atomic mass is 35.5. The fraction of sp³-hybridized carbons (Fsp3) is 0.381. The average Bonchev–Trinajstić information content (AvgIpc) is 2.69. The molecule has 1 saturated heterocycles. The topological polar surface area (TPSA) is 53.0 Å². The van der Waals surface area contributed by atoms with Crippen LogP contribution < -0.4 is 9.64 Å². The molecule has 1 N–H and O–H groups in total. The molecule has 0 aromatic heterocycles. The van der Waals surface area contributed by atoms with E-state index in [2.05, 4.69) is 23.1 Å². The summed E-state index contributed by atoms with van der Waals surface area (Å²) < 4.78 is 6.04. The molecule has 1 fully saturated rings. The highest BCUT2D eigenvalue weighted by Crippen LogP contribution is 2.38. The molecule has 0 spiro atoms. The average molecular weight is 387 g/mol. The molecule has 2 aromatic rings.